The second-order valence-electron chi connectivity index (χ2n) is 7.95. The number of nitrogens with one attached hydrogen (secondary N) is 1. The van der Waals surface area contributed by atoms with E-state index in [0.29, 0.717) is 23.0 Å². The zero-order valence-electron chi connectivity index (χ0n) is 18.7. The second kappa shape index (κ2) is 9.75. The highest BCUT2D eigenvalue weighted by atomic mass is 32.2. The number of ether oxygens (including phenoxy) is 1. The van der Waals surface area contributed by atoms with Crippen molar-refractivity contribution in [3.05, 3.63) is 84.1 Å². The van der Waals surface area contributed by atoms with E-state index < -0.39 is 17.0 Å². The third-order valence-electron chi connectivity index (χ3n) is 5.63. The predicted octanol–water partition coefficient (Wildman–Crippen LogP) is 4.61. The summed E-state index contributed by atoms with van der Waals surface area (Å²) in [7, 11) is 1.61. The van der Waals surface area contributed by atoms with Gasteiger partial charge in [-0.15, -0.1) is 0 Å². The number of amidine groups is 1. The van der Waals surface area contributed by atoms with Crippen LogP contribution in [0, 0.1) is 5.82 Å². The Hall–Kier alpha value is -3.92. The SMILES string of the molecule is COc1ccc(C2=NN(C3=NC(=O)[C@@H](CC(=O)Nc4ccc(F)cc4)S3)[C@H](c3ccco3)C2)cc1. The molecule has 2 aliphatic heterocycles. The molecule has 5 rings (SSSR count). The molecule has 178 valence electrons. The molecule has 0 aliphatic carbocycles. The summed E-state index contributed by atoms with van der Waals surface area (Å²) in [4.78, 5) is 29.3. The molecule has 8 nitrogen and oxygen atoms in total. The fourth-order valence-corrected chi connectivity index (χ4v) is 4.93. The van der Waals surface area contributed by atoms with Crippen LogP contribution in [-0.4, -0.2) is 40.1 Å². The highest BCUT2D eigenvalue weighted by Gasteiger charge is 2.40. The molecule has 2 aliphatic rings. The summed E-state index contributed by atoms with van der Waals surface area (Å²) in [5.41, 5.74) is 2.21. The van der Waals surface area contributed by atoms with Gasteiger partial charge in [0.2, 0.25) is 5.91 Å². The summed E-state index contributed by atoms with van der Waals surface area (Å²) >= 11 is 1.20. The van der Waals surface area contributed by atoms with Gasteiger partial charge in [-0.05, 0) is 66.2 Å². The number of aliphatic imine (C=N–C) groups is 1. The molecular weight excluding hydrogens is 471 g/mol. The first-order valence-electron chi connectivity index (χ1n) is 10.9. The summed E-state index contributed by atoms with van der Waals surface area (Å²) in [5, 5.41) is 8.88. The fourth-order valence-electron chi connectivity index (χ4n) is 3.87. The number of hydrogen-bond donors (Lipinski definition) is 1. The Morgan fingerprint density at radius 2 is 1.97 bits per heavy atom. The van der Waals surface area contributed by atoms with Gasteiger partial charge in [0, 0.05) is 18.5 Å². The molecule has 1 aromatic heterocycles. The minimum atomic E-state index is -0.678. The Bertz CT molecular complexity index is 1290. The Labute approximate surface area is 204 Å². The zero-order valence-corrected chi connectivity index (χ0v) is 19.5. The van der Waals surface area contributed by atoms with E-state index in [1.54, 1.807) is 24.4 Å². The summed E-state index contributed by atoms with van der Waals surface area (Å²) in [6.07, 6.45) is 2.09. The summed E-state index contributed by atoms with van der Waals surface area (Å²) < 4.78 is 24.0. The highest BCUT2D eigenvalue weighted by molar-refractivity contribution is 8.15. The number of anilines is 1. The molecule has 3 heterocycles. The lowest BCUT2D eigenvalue weighted by atomic mass is 10.0. The number of methoxy groups -OCH3 is 1. The molecule has 0 saturated heterocycles. The predicted molar refractivity (Wildman–Crippen MR) is 131 cm³/mol. The molecule has 0 spiro atoms. The van der Waals surface area contributed by atoms with Gasteiger partial charge < -0.3 is 14.5 Å². The van der Waals surface area contributed by atoms with Crippen molar-refractivity contribution in [3.8, 4) is 5.75 Å². The van der Waals surface area contributed by atoms with Crippen LogP contribution in [0.4, 0.5) is 10.1 Å². The van der Waals surface area contributed by atoms with Crippen LogP contribution in [-0.2, 0) is 9.59 Å². The van der Waals surface area contributed by atoms with Crippen molar-refractivity contribution in [2.45, 2.75) is 24.1 Å². The molecule has 35 heavy (non-hydrogen) atoms. The minimum absolute atomic E-state index is 0.0673. The number of nitrogens with zero attached hydrogens (tertiary/aromatic N) is 3. The van der Waals surface area contributed by atoms with Crippen molar-refractivity contribution < 1.29 is 23.1 Å². The van der Waals surface area contributed by atoms with Crippen molar-refractivity contribution >= 4 is 40.1 Å². The number of hydrogen-bond acceptors (Lipinski definition) is 7. The van der Waals surface area contributed by atoms with Gasteiger partial charge in [-0.2, -0.15) is 10.1 Å². The topological polar surface area (TPSA) is 96.5 Å². The quantitative estimate of drug-likeness (QED) is 0.540. The number of hydrazone groups is 1. The molecular formula is C25H21FN4O4S. The van der Waals surface area contributed by atoms with Gasteiger partial charge in [-0.1, -0.05) is 11.8 Å². The number of rotatable bonds is 6. The number of amides is 2. The first kappa shape index (κ1) is 22.9. The molecule has 1 N–H and O–H groups in total. The van der Waals surface area contributed by atoms with E-state index >= 15 is 0 Å². The maximum Gasteiger partial charge on any atom is 0.262 e. The molecule has 10 heteroatoms. The lowest BCUT2D eigenvalue weighted by molar-refractivity contribution is -0.121. The lowest BCUT2D eigenvalue weighted by Gasteiger charge is -2.20. The average Bonchev–Trinajstić information content (AvgIpc) is 3.61. The second-order valence-corrected chi connectivity index (χ2v) is 9.12. The van der Waals surface area contributed by atoms with E-state index in [0.717, 1.165) is 17.0 Å². The third kappa shape index (κ3) is 4.97. The summed E-state index contributed by atoms with van der Waals surface area (Å²) in [6, 6.07) is 16.4. The van der Waals surface area contributed by atoms with E-state index in [1.807, 2.05) is 30.3 Å². The van der Waals surface area contributed by atoms with Crippen LogP contribution in [0.2, 0.25) is 0 Å². The fraction of sp³-hybridized carbons (Fsp3) is 0.200. The number of furan rings is 1. The molecule has 0 bridgehead atoms. The van der Waals surface area contributed by atoms with Crippen LogP contribution >= 0.6 is 11.8 Å². The first-order valence-corrected chi connectivity index (χ1v) is 11.8. The Morgan fingerprint density at radius 1 is 1.20 bits per heavy atom. The minimum Gasteiger partial charge on any atom is -0.497 e. The maximum atomic E-state index is 13.1. The van der Waals surface area contributed by atoms with Crippen molar-refractivity contribution in [1.82, 2.24) is 5.01 Å². The van der Waals surface area contributed by atoms with Crippen LogP contribution in [0.15, 0.2) is 81.4 Å². The van der Waals surface area contributed by atoms with Crippen molar-refractivity contribution in [3.63, 3.8) is 0 Å². The number of benzene rings is 2. The van der Waals surface area contributed by atoms with E-state index in [1.165, 1.54) is 36.0 Å². The third-order valence-corrected chi connectivity index (χ3v) is 6.77. The number of carbonyl (C=O) groups is 2. The summed E-state index contributed by atoms with van der Waals surface area (Å²) in [5.74, 6) is 0.296. The Balaban J connectivity index is 1.32. The highest BCUT2D eigenvalue weighted by Crippen LogP contribution is 2.38. The van der Waals surface area contributed by atoms with Crippen molar-refractivity contribution in [2.75, 3.05) is 12.4 Å². The normalized spacial score (nSPS) is 19.5. The van der Waals surface area contributed by atoms with Gasteiger partial charge >= 0.3 is 0 Å². The zero-order chi connectivity index (χ0) is 24.4. The van der Waals surface area contributed by atoms with Crippen molar-refractivity contribution in [2.24, 2.45) is 10.1 Å². The van der Waals surface area contributed by atoms with Crippen LogP contribution in [0.25, 0.3) is 0 Å². The smallest absolute Gasteiger partial charge is 0.262 e. The van der Waals surface area contributed by atoms with Crippen molar-refractivity contribution in [1.29, 1.82) is 0 Å². The van der Waals surface area contributed by atoms with E-state index in [-0.39, 0.29) is 18.4 Å². The van der Waals surface area contributed by atoms with Crippen LogP contribution < -0.4 is 10.1 Å². The standard InChI is InChI=1S/C25H21FN4O4S/c1-33-18-10-4-15(5-11-18)19-13-20(21-3-2-12-34-21)30(29-19)25-28-24(32)22(35-25)14-23(31)27-17-8-6-16(26)7-9-17/h2-12,20,22H,13-14H2,1H3,(H,27,31)/t20-,22+/m0/s1. The Kier molecular flexibility index (Phi) is 6.37. The van der Waals surface area contributed by atoms with E-state index in [4.69, 9.17) is 14.3 Å². The molecule has 2 aromatic carbocycles. The first-order chi connectivity index (χ1) is 17.0. The van der Waals surface area contributed by atoms with Gasteiger partial charge in [0.15, 0.2) is 5.17 Å². The van der Waals surface area contributed by atoms with Crippen LogP contribution in [0.3, 0.4) is 0 Å². The number of carbonyl (C=O) groups excluding carboxylic acids is 2. The molecule has 0 unspecified atom stereocenters. The van der Waals surface area contributed by atoms with Gasteiger partial charge in [-0.3, -0.25) is 9.59 Å². The number of thioether (sulfide) groups is 1. The van der Waals surface area contributed by atoms with Crippen LogP contribution in [0.5, 0.6) is 5.75 Å². The van der Waals surface area contributed by atoms with Crippen LogP contribution in [0.1, 0.15) is 30.2 Å². The molecule has 3 aromatic rings. The van der Waals surface area contributed by atoms with Gasteiger partial charge in [0.25, 0.3) is 5.91 Å². The maximum absolute atomic E-state index is 13.1. The molecule has 0 fully saturated rings. The molecule has 2 amide bonds. The Morgan fingerprint density at radius 3 is 2.66 bits per heavy atom. The average molecular weight is 493 g/mol. The molecule has 0 saturated carbocycles. The van der Waals surface area contributed by atoms with Gasteiger partial charge in [0.05, 0.1) is 19.1 Å². The van der Waals surface area contributed by atoms with E-state index in [2.05, 4.69) is 10.3 Å². The molecule has 0 radical (unpaired) electrons. The molecule has 2 atom stereocenters. The largest absolute Gasteiger partial charge is 0.497 e. The number of halogens is 1. The van der Waals surface area contributed by atoms with E-state index in [9.17, 15) is 14.0 Å². The lowest BCUT2D eigenvalue weighted by Crippen LogP contribution is -2.24. The monoisotopic (exact) mass is 492 g/mol. The summed E-state index contributed by atoms with van der Waals surface area (Å²) in [6.45, 7) is 0. The van der Waals surface area contributed by atoms with Gasteiger partial charge in [-0.25, -0.2) is 9.40 Å². The van der Waals surface area contributed by atoms with Gasteiger partial charge in [0.1, 0.15) is 28.6 Å².